The van der Waals surface area contributed by atoms with Crippen molar-refractivity contribution < 1.29 is 0 Å². The van der Waals surface area contributed by atoms with Crippen molar-refractivity contribution in [1.29, 1.82) is 5.26 Å². The van der Waals surface area contributed by atoms with Crippen LogP contribution in [-0.2, 0) is 0 Å². The Kier molecular flexibility index (Phi) is 1.61. The first-order valence-electron chi connectivity index (χ1n) is 0.647. The first-order valence-corrected chi connectivity index (χ1v) is 0.647. The van der Waals surface area contributed by atoms with Gasteiger partial charge in [-0.3, -0.25) is 0 Å². The van der Waals surface area contributed by atoms with Crippen molar-refractivity contribution in [3.63, 3.8) is 0 Å². The van der Waals surface area contributed by atoms with E-state index in [2.05, 4.69) is 0 Å². The van der Waals surface area contributed by atoms with Crippen molar-refractivity contribution >= 4 is 0 Å². The van der Waals surface area contributed by atoms with Crippen LogP contribution in [0.2, 0.25) is 0 Å². The zero-order valence-electron chi connectivity index (χ0n) is 1.84. The highest BCUT2D eigenvalue weighted by atomic mass is 14.9. The maximum atomic E-state index is 7.21. The fourth-order valence-corrected chi connectivity index (χ4v) is 0. The Hall–Kier alpha value is -0.910. The SMILES string of the molecule is N#CN=[N-]. The van der Waals surface area contributed by atoms with Crippen molar-refractivity contribution in [2.75, 3.05) is 0 Å². The van der Waals surface area contributed by atoms with Gasteiger partial charge in [0, 0.05) is 0 Å². The summed E-state index contributed by atoms with van der Waals surface area (Å²) in [5.41, 5.74) is 7.14. The molecule has 0 rings (SSSR count). The van der Waals surface area contributed by atoms with Gasteiger partial charge in [-0.05, 0) is 0 Å². The second kappa shape index (κ2) is 2.09. The molecule has 0 bridgehead atoms. The van der Waals surface area contributed by atoms with Gasteiger partial charge in [-0.1, -0.05) is 0 Å². The topological polar surface area (TPSA) is 58.5 Å². The normalized spacial score (nSPS) is 3.75. The quantitative estimate of drug-likeness (QED) is 0.293. The molecular formula is CN3-. The summed E-state index contributed by atoms with van der Waals surface area (Å²) in [6.07, 6.45) is 1.11. The highest BCUT2D eigenvalue weighted by Crippen LogP contribution is 1.44. The van der Waals surface area contributed by atoms with E-state index in [1.54, 1.807) is 0 Å². The number of nitrogens with zero attached hydrogens (tertiary/aromatic N) is 3. The number of hydrogen-bond donors (Lipinski definition) is 0. The van der Waals surface area contributed by atoms with E-state index >= 15 is 0 Å². The van der Waals surface area contributed by atoms with E-state index in [9.17, 15) is 0 Å². The van der Waals surface area contributed by atoms with E-state index < -0.39 is 0 Å². The maximum Gasteiger partial charge on any atom is 0.183 e. The molecule has 0 atom stereocenters. The van der Waals surface area contributed by atoms with Gasteiger partial charge in [-0.15, -0.1) is 0 Å². The summed E-state index contributed by atoms with van der Waals surface area (Å²) in [6, 6.07) is 0. The molecule has 4 heavy (non-hydrogen) atoms. The number of hydrogen-bond acceptors (Lipinski definition) is 2. The Labute approximate surface area is 23.4 Å². The van der Waals surface area contributed by atoms with Crippen LogP contribution in [0, 0.1) is 11.5 Å². The Morgan fingerprint density at radius 3 is 2.25 bits per heavy atom. The van der Waals surface area contributed by atoms with Gasteiger partial charge >= 0.3 is 0 Å². The second-order valence-electron chi connectivity index (χ2n) is 0.200. The largest absolute Gasteiger partial charge is 0.696 e. The lowest BCUT2D eigenvalue weighted by Crippen LogP contribution is -1.21. The summed E-state index contributed by atoms with van der Waals surface area (Å²) in [5.74, 6) is 0. The average Bonchev–Trinajstić information content (AvgIpc) is 1.37. The van der Waals surface area contributed by atoms with E-state index in [1.165, 1.54) is 0 Å². The molecular weight excluding hydrogens is 54.0 g/mol. The third-order valence-corrected chi connectivity index (χ3v) is 0.0447. The summed E-state index contributed by atoms with van der Waals surface area (Å²) in [4.78, 5) is 0. The lowest BCUT2D eigenvalue weighted by molar-refractivity contribution is 1.43. The molecule has 3 heteroatoms. The van der Waals surface area contributed by atoms with Gasteiger partial charge in [0.05, 0.1) is 0 Å². The minimum atomic E-state index is 1.11. The molecule has 0 saturated carbocycles. The molecule has 0 unspecified atom stereocenters. The van der Waals surface area contributed by atoms with E-state index in [-0.39, 0.29) is 0 Å². The molecule has 0 amide bonds. The summed E-state index contributed by atoms with van der Waals surface area (Å²) < 4.78 is 0. The van der Waals surface area contributed by atoms with E-state index in [0.717, 1.165) is 6.19 Å². The van der Waals surface area contributed by atoms with Crippen molar-refractivity contribution in [3.05, 3.63) is 5.53 Å². The average molecular weight is 54.0 g/mol. The predicted molar refractivity (Wildman–Crippen MR) is 11.4 cm³/mol. The summed E-state index contributed by atoms with van der Waals surface area (Å²) in [7, 11) is 0. The summed E-state index contributed by atoms with van der Waals surface area (Å²) in [6.45, 7) is 0. The highest BCUT2D eigenvalue weighted by Gasteiger charge is 1.21. The van der Waals surface area contributed by atoms with Crippen molar-refractivity contribution in [3.8, 4) is 6.19 Å². The molecule has 0 aromatic heterocycles. The highest BCUT2D eigenvalue weighted by molar-refractivity contribution is 4.58. The van der Waals surface area contributed by atoms with E-state index in [4.69, 9.17) is 10.8 Å². The van der Waals surface area contributed by atoms with Gasteiger partial charge in [0.25, 0.3) is 0 Å². The number of nitriles is 1. The standard InChI is InChI=1S/CN3/c2-1-4-3/q-1. The van der Waals surface area contributed by atoms with Crippen molar-refractivity contribution in [2.45, 2.75) is 0 Å². The van der Waals surface area contributed by atoms with E-state index in [0.29, 0.717) is 0 Å². The summed E-state index contributed by atoms with van der Waals surface area (Å²) >= 11 is 0. The lowest BCUT2D eigenvalue weighted by atomic mass is 11.5. The first kappa shape index (κ1) is 3.09. The predicted octanol–water partition coefficient (Wildman–Crippen LogP) is 0.489. The summed E-state index contributed by atoms with van der Waals surface area (Å²) in [5, 5.41) is 9.25. The van der Waals surface area contributed by atoms with Gasteiger partial charge < -0.3 is 10.6 Å². The zero-order valence-corrected chi connectivity index (χ0v) is 1.84. The third-order valence-electron chi connectivity index (χ3n) is 0.0447. The third kappa shape index (κ3) is 1.09. The maximum absolute atomic E-state index is 7.21. The molecule has 0 spiro atoms. The van der Waals surface area contributed by atoms with Crippen LogP contribution in [-0.4, -0.2) is 0 Å². The lowest BCUT2D eigenvalue weighted by Gasteiger charge is -1.56. The molecule has 0 aromatic rings. The van der Waals surface area contributed by atoms with Gasteiger partial charge in [0.15, 0.2) is 6.19 Å². The van der Waals surface area contributed by atoms with Gasteiger partial charge in [0.2, 0.25) is 0 Å². The van der Waals surface area contributed by atoms with Gasteiger partial charge in [-0.25, -0.2) is 0 Å². The molecule has 0 heterocycles. The van der Waals surface area contributed by atoms with Crippen LogP contribution in [0.3, 0.4) is 0 Å². The Bertz CT molecular complexity index is 48.8. The second-order valence-corrected chi connectivity index (χ2v) is 0.200. The van der Waals surface area contributed by atoms with E-state index in [1.807, 2.05) is 5.11 Å². The fraction of sp³-hybridized carbons (Fsp3) is 0. The molecule has 3 nitrogen and oxygen atoms in total. The molecule has 0 aliphatic rings. The Morgan fingerprint density at radius 1 is 2.00 bits per heavy atom. The zero-order chi connectivity index (χ0) is 3.41. The molecule has 20 valence electrons. The minimum absolute atomic E-state index is 1.11. The molecule has 0 radical (unpaired) electrons. The first-order chi connectivity index (χ1) is 1.91. The molecule has 0 fully saturated rings. The fourth-order valence-electron chi connectivity index (χ4n) is 0. The van der Waals surface area contributed by atoms with Crippen LogP contribution < -0.4 is 0 Å². The van der Waals surface area contributed by atoms with Gasteiger partial charge in [-0.2, -0.15) is 5.26 Å². The molecule has 0 aromatic carbocycles. The minimum Gasteiger partial charge on any atom is -0.696 e. The monoisotopic (exact) mass is 54.0 g/mol. The van der Waals surface area contributed by atoms with Crippen LogP contribution in [0.5, 0.6) is 0 Å². The number of rotatable bonds is 0. The smallest absolute Gasteiger partial charge is 0.183 e. The van der Waals surface area contributed by atoms with Crippen molar-refractivity contribution in [2.24, 2.45) is 5.11 Å². The molecule has 0 aliphatic carbocycles. The van der Waals surface area contributed by atoms with Crippen LogP contribution in [0.15, 0.2) is 5.11 Å². The molecule has 0 N–H and O–H groups in total. The Morgan fingerprint density at radius 2 is 2.25 bits per heavy atom. The van der Waals surface area contributed by atoms with Crippen LogP contribution in [0.4, 0.5) is 0 Å². The van der Waals surface area contributed by atoms with Crippen LogP contribution in [0.1, 0.15) is 0 Å². The van der Waals surface area contributed by atoms with Crippen LogP contribution >= 0.6 is 0 Å². The van der Waals surface area contributed by atoms with Gasteiger partial charge in [0.1, 0.15) is 0 Å². The van der Waals surface area contributed by atoms with Crippen molar-refractivity contribution in [1.82, 2.24) is 0 Å². The Balaban J connectivity index is 2.92. The molecule has 0 aliphatic heterocycles. The van der Waals surface area contributed by atoms with Crippen LogP contribution in [0.25, 0.3) is 5.53 Å². The molecule has 0 saturated heterocycles.